The molecule has 0 saturated carbocycles. The lowest BCUT2D eigenvalue weighted by atomic mass is 10.0. The van der Waals surface area contributed by atoms with E-state index < -0.39 is 17.8 Å². The van der Waals surface area contributed by atoms with Crippen LogP contribution in [0.25, 0.3) is 0 Å². The maximum absolute atomic E-state index is 13.1. The predicted molar refractivity (Wildman–Crippen MR) is 84.4 cm³/mol. The molecule has 1 N–H and O–H groups in total. The Morgan fingerprint density at radius 1 is 1.00 bits per heavy atom. The third kappa shape index (κ3) is 4.99. The molecular weight excluding hydrogens is 303 g/mol. The van der Waals surface area contributed by atoms with E-state index in [-0.39, 0.29) is 5.75 Å². The summed E-state index contributed by atoms with van der Waals surface area (Å²) in [7, 11) is 1.84. The van der Waals surface area contributed by atoms with E-state index in [0.717, 1.165) is 24.6 Å². The van der Waals surface area contributed by atoms with Gasteiger partial charge in [-0.15, -0.1) is 0 Å². The molecule has 0 aromatic heterocycles. The summed E-state index contributed by atoms with van der Waals surface area (Å²) in [6, 6.07) is 14.7. The molecule has 2 rings (SSSR count). The molecule has 0 radical (unpaired) electrons. The molecule has 0 aliphatic carbocycles. The van der Waals surface area contributed by atoms with E-state index in [1.165, 1.54) is 12.1 Å². The van der Waals surface area contributed by atoms with Gasteiger partial charge in [-0.05, 0) is 44.1 Å². The van der Waals surface area contributed by atoms with Gasteiger partial charge in [0.15, 0.2) is 0 Å². The van der Waals surface area contributed by atoms with Gasteiger partial charge in [-0.2, -0.15) is 13.2 Å². The lowest BCUT2D eigenvalue weighted by molar-refractivity contribution is -0.139. The van der Waals surface area contributed by atoms with Crippen LogP contribution in [0.15, 0.2) is 54.6 Å². The molecule has 124 valence electrons. The van der Waals surface area contributed by atoms with Crippen molar-refractivity contribution in [2.75, 3.05) is 13.6 Å². The minimum absolute atomic E-state index is 0.127. The SMILES string of the molecule is CNCCCC(Oc1ccccc1C(F)(F)F)c1ccccc1. The van der Waals surface area contributed by atoms with Crippen LogP contribution >= 0.6 is 0 Å². The summed E-state index contributed by atoms with van der Waals surface area (Å²) in [6.45, 7) is 0.785. The fourth-order valence-corrected chi connectivity index (χ4v) is 2.38. The average molecular weight is 323 g/mol. The zero-order valence-electron chi connectivity index (χ0n) is 12.9. The van der Waals surface area contributed by atoms with Crippen molar-refractivity contribution >= 4 is 0 Å². The molecule has 0 aliphatic heterocycles. The lowest BCUT2D eigenvalue weighted by Gasteiger charge is -2.22. The first kappa shape index (κ1) is 17.3. The summed E-state index contributed by atoms with van der Waals surface area (Å²) in [5.74, 6) is -0.127. The van der Waals surface area contributed by atoms with E-state index in [2.05, 4.69) is 5.32 Å². The highest BCUT2D eigenvalue weighted by atomic mass is 19.4. The molecule has 0 heterocycles. The van der Waals surface area contributed by atoms with Crippen molar-refractivity contribution in [2.24, 2.45) is 0 Å². The number of hydrogen-bond acceptors (Lipinski definition) is 2. The highest BCUT2D eigenvalue weighted by Crippen LogP contribution is 2.38. The molecule has 2 aromatic rings. The third-order valence-electron chi connectivity index (χ3n) is 3.53. The molecule has 1 atom stereocenters. The molecule has 0 aliphatic rings. The first-order valence-corrected chi connectivity index (χ1v) is 7.55. The zero-order chi connectivity index (χ0) is 16.7. The van der Waals surface area contributed by atoms with Gasteiger partial charge in [-0.25, -0.2) is 0 Å². The van der Waals surface area contributed by atoms with Gasteiger partial charge in [0.25, 0.3) is 0 Å². The normalized spacial score (nSPS) is 12.9. The number of nitrogens with one attached hydrogen (secondary N) is 1. The van der Waals surface area contributed by atoms with E-state index in [1.54, 1.807) is 6.07 Å². The van der Waals surface area contributed by atoms with Crippen molar-refractivity contribution in [3.8, 4) is 5.75 Å². The summed E-state index contributed by atoms with van der Waals surface area (Å²) < 4.78 is 45.1. The molecule has 0 spiro atoms. The van der Waals surface area contributed by atoms with Crippen molar-refractivity contribution in [1.29, 1.82) is 0 Å². The topological polar surface area (TPSA) is 21.3 Å². The van der Waals surface area contributed by atoms with E-state index in [4.69, 9.17) is 4.74 Å². The number of para-hydroxylation sites is 1. The van der Waals surface area contributed by atoms with Crippen molar-refractivity contribution in [2.45, 2.75) is 25.1 Å². The van der Waals surface area contributed by atoms with Gasteiger partial charge in [0.2, 0.25) is 0 Å². The summed E-state index contributed by atoms with van der Waals surface area (Å²) in [5.41, 5.74) is 0.134. The maximum atomic E-state index is 13.1. The van der Waals surface area contributed by atoms with Gasteiger partial charge in [0.1, 0.15) is 11.9 Å². The van der Waals surface area contributed by atoms with E-state index >= 15 is 0 Å². The quantitative estimate of drug-likeness (QED) is 0.737. The Hall–Kier alpha value is -2.01. The number of benzene rings is 2. The van der Waals surface area contributed by atoms with Crippen LogP contribution in [0.4, 0.5) is 13.2 Å². The highest BCUT2D eigenvalue weighted by Gasteiger charge is 2.34. The van der Waals surface area contributed by atoms with Crippen LogP contribution in [0.5, 0.6) is 5.75 Å². The molecule has 0 bridgehead atoms. The number of ether oxygens (including phenoxy) is 1. The summed E-state index contributed by atoms with van der Waals surface area (Å²) in [5, 5.41) is 3.04. The number of alkyl halides is 3. The minimum Gasteiger partial charge on any atom is -0.485 e. The van der Waals surface area contributed by atoms with Crippen LogP contribution in [0.1, 0.15) is 30.1 Å². The molecule has 2 aromatic carbocycles. The second-order valence-electron chi connectivity index (χ2n) is 5.26. The van der Waals surface area contributed by atoms with Gasteiger partial charge in [0, 0.05) is 0 Å². The summed E-state index contributed by atoms with van der Waals surface area (Å²) in [6.07, 6.45) is -3.39. The molecule has 23 heavy (non-hydrogen) atoms. The lowest BCUT2D eigenvalue weighted by Crippen LogP contribution is -2.15. The Bertz CT molecular complexity index is 599. The van der Waals surface area contributed by atoms with Gasteiger partial charge < -0.3 is 10.1 Å². The van der Waals surface area contributed by atoms with E-state index in [1.807, 2.05) is 37.4 Å². The van der Waals surface area contributed by atoms with Crippen LogP contribution in [0.3, 0.4) is 0 Å². The number of halogens is 3. The van der Waals surface area contributed by atoms with Crippen LogP contribution in [0.2, 0.25) is 0 Å². The highest BCUT2D eigenvalue weighted by molar-refractivity contribution is 5.36. The molecule has 1 unspecified atom stereocenters. The smallest absolute Gasteiger partial charge is 0.419 e. The third-order valence-corrected chi connectivity index (χ3v) is 3.53. The largest absolute Gasteiger partial charge is 0.485 e. The summed E-state index contributed by atoms with van der Waals surface area (Å²) in [4.78, 5) is 0. The van der Waals surface area contributed by atoms with Crippen LogP contribution in [0, 0.1) is 0 Å². The van der Waals surface area contributed by atoms with Gasteiger partial charge in [0.05, 0.1) is 5.56 Å². The van der Waals surface area contributed by atoms with E-state index in [0.29, 0.717) is 6.42 Å². The second kappa shape index (κ2) is 8.02. The molecule has 0 amide bonds. The summed E-state index contributed by atoms with van der Waals surface area (Å²) >= 11 is 0. The van der Waals surface area contributed by atoms with Gasteiger partial charge in [-0.1, -0.05) is 42.5 Å². The molecule has 5 heteroatoms. The van der Waals surface area contributed by atoms with Crippen molar-refractivity contribution < 1.29 is 17.9 Å². The average Bonchev–Trinajstić information content (AvgIpc) is 2.54. The Labute approximate surface area is 134 Å². The number of hydrogen-bond donors (Lipinski definition) is 1. The minimum atomic E-state index is -4.43. The van der Waals surface area contributed by atoms with Crippen LogP contribution in [-0.2, 0) is 6.18 Å². The Morgan fingerprint density at radius 2 is 1.65 bits per heavy atom. The molecular formula is C18H20F3NO. The number of rotatable bonds is 7. The monoisotopic (exact) mass is 323 g/mol. The zero-order valence-corrected chi connectivity index (χ0v) is 12.9. The van der Waals surface area contributed by atoms with E-state index in [9.17, 15) is 13.2 Å². The molecule has 0 fully saturated rings. The standard InChI is InChI=1S/C18H20F3NO/c1-22-13-7-12-16(14-8-3-2-4-9-14)23-17-11-6-5-10-15(17)18(19,20)21/h2-6,8-11,16,22H,7,12-13H2,1H3. The Kier molecular flexibility index (Phi) is 6.04. The fraction of sp³-hybridized carbons (Fsp3) is 0.333. The molecule has 0 saturated heterocycles. The molecule has 2 nitrogen and oxygen atoms in total. The van der Waals surface area contributed by atoms with Gasteiger partial charge in [-0.3, -0.25) is 0 Å². The first-order chi connectivity index (χ1) is 11.0. The Morgan fingerprint density at radius 3 is 2.30 bits per heavy atom. The predicted octanol–water partition coefficient (Wildman–Crippen LogP) is 4.83. The van der Waals surface area contributed by atoms with Gasteiger partial charge >= 0.3 is 6.18 Å². The van der Waals surface area contributed by atoms with Crippen molar-refractivity contribution in [1.82, 2.24) is 5.32 Å². The first-order valence-electron chi connectivity index (χ1n) is 7.55. The fourth-order valence-electron chi connectivity index (χ4n) is 2.38. The second-order valence-corrected chi connectivity index (χ2v) is 5.26. The van der Waals surface area contributed by atoms with Crippen LogP contribution < -0.4 is 10.1 Å². The van der Waals surface area contributed by atoms with Crippen LogP contribution in [-0.4, -0.2) is 13.6 Å². The maximum Gasteiger partial charge on any atom is 0.419 e. The Balaban J connectivity index is 2.24. The van der Waals surface area contributed by atoms with Crippen molar-refractivity contribution in [3.05, 3.63) is 65.7 Å². The van der Waals surface area contributed by atoms with Crippen molar-refractivity contribution in [3.63, 3.8) is 0 Å².